The number of benzene rings is 2. The summed E-state index contributed by atoms with van der Waals surface area (Å²) in [6.45, 7) is 4.10. The van der Waals surface area contributed by atoms with Gasteiger partial charge in [0, 0.05) is 44.0 Å². The van der Waals surface area contributed by atoms with Crippen LogP contribution in [0.4, 0.5) is 11.4 Å². The van der Waals surface area contributed by atoms with Crippen molar-refractivity contribution in [2.75, 3.05) is 44.3 Å². The maximum atomic E-state index is 12.8. The summed E-state index contributed by atoms with van der Waals surface area (Å²) in [5, 5.41) is 15.1. The number of anilines is 1. The molecule has 11 heteroatoms. The number of piperazine rings is 1. The highest BCUT2D eigenvalue weighted by atomic mass is 16.6. The number of hydrogen-bond acceptors (Lipinski definition) is 8. The first-order chi connectivity index (χ1) is 17.0. The van der Waals surface area contributed by atoms with Crippen LogP contribution in [0, 0.1) is 10.1 Å². The Labute approximate surface area is 201 Å². The van der Waals surface area contributed by atoms with Crippen molar-refractivity contribution in [2.45, 2.75) is 6.92 Å². The third kappa shape index (κ3) is 5.57. The van der Waals surface area contributed by atoms with Gasteiger partial charge in [0.05, 0.1) is 23.4 Å². The average Bonchev–Trinajstić information content (AvgIpc) is 3.32. The molecule has 1 fully saturated rings. The molecule has 2 aromatic carbocycles. The van der Waals surface area contributed by atoms with Gasteiger partial charge in [0.1, 0.15) is 0 Å². The lowest BCUT2D eigenvalue weighted by Crippen LogP contribution is -2.50. The zero-order chi connectivity index (χ0) is 24.8. The number of para-hydroxylation sites is 1. The lowest BCUT2D eigenvalue weighted by molar-refractivity contribution is -0.384. The Morgan fingerprint density at radius 1 is 1.00 bits per heavy atom. The van der Waals surface area contributed by atoms with Crippen molar-refractivity contribution >= 4 is 23.3 Å². The summed E-state index contributed by atoms with van der Waals surface area (Å²) in [4.78, 5) is 39.5. The molecule has 1 amide bonds. The number of amides is 1. The minimum Gasteiger partial charge on any atom is -0.480 e. The molecule has 0 spiro atoms. The molecule has 0 atom stereocenters. The predicted molar refractivity (Wildman–Crippen MR) is 127 cm³/mol. The number of hydrogen-bond donors (Lipinski definition) is 0. The lowest BCUT2D eigenvalue weighted by Gasteiger charge is -2.36. The molecule has 0 aliphatic carbocycles. The summed E-state index contributed by atoms with van der Waals surface area (Å²) < 4.78 is 12.1. The number of nitro benzene ring substituents is 1. The molecule has 4 rings (SSSR count). The van der Waals surface area contributed by atoms with Gasteiger partial charge in [-0.25, -0.2) is 9.48 Å². The van der Waals surface area contributed by atoms with Crippen molar-refractivity contribution in [2.24, 2.45) is 0 Å². The normalized spacial score (nSPS) is 13.4. The standard InChI is InChI=1S/C24H25N5O6/c1-2-34-24(31)23-21(16-28(25-23)19-8-10-20(11-9-19)29(32)33)35-17-22(30)27-14-12-26(13-15-27)18-6-4-3-5-7-18/h3-11,16H,2,12-15,17H2,1H3. The highest BCUT2D eigenvalue weighted by molar-refractivity contribution is 5.90. The van der Waals surface area contributed by atoms with Crippen LogP contribution in [0.25, 0.3) is 5.69 Å². The van der Waals surface area contributed by atoms with Crippen LogP contribution >= 0.6 is 0 Å². The van der Waals surface area contributed by atoms with Gasteiger partial charge in [-0.2, -0.15) is 5.10 Å². The van der Waals surface area contributed by atoms with E-state index in [1.54, 1.807) is 11.8 Å². The van der Waals surface area contributed by atoms with Gasteiger partial charge >= 0.3 is 5.97 Å². The van der Waals surface area contributed by atoms with E-state index in [1.807, 2.05) is 30.3 Å². The Morgan fingerprint density at radius 3 is 2.31 bits per heavy atom. The maximum absolute atomic E-state index is 12.8. The highest BCUT2D eigenvalue weighted by Gasteiger charge is 2.24. The first kappa shape index (κ1) is 23.7. The van der Waals surface area contributed by atoms with Gasteiger partial charge in [-0.1, -0.05) is 18.2 Å². The number of non-ortho nitro benzene ring substituents is 1. The van der Waals surface area contributed by atoms with E-state index in [1.165, 1.54) is 35.1 Å². The number of carbonyl (C=O) groups excluding carboxylic acids is 2. The number of esters is 1. The third-order valence-corrected chi connectivity index (χ3v) is 5.58. The van der Waals surface area contributed by atoms with Crippen LogP contribution in [-0.2, 0) is 9.53 Å². The quantitative estimate of drug-likeness (QED) is 0.275. The summed E-state index contributed by atoms with van der Waals surface area (Å²) in [6, 6.07) is 15.7. The van der Waals surface area contributed by atoms with Crippen molar-refractivity contribution in [3.8, 4) is 11.4 Å². The van der Waals surface area contributed by atoms with Gasteiger partial charge in [-0.3, -0.25) is 14.9 Å². The molecule has 0 N–H and O–H groups in total. The molecule has 182 valence electrons. The van der Waals surface area contributed by atoms with E-state index < -0.39 is 10.9 Å². The Balaban J connectivity index is 1.42. The molecule has 0 unspecified atom stereocenters. The Morgan fingerprint density at radius 2 is 1.69 bits per heavy atom. The summed E-state index contributed by atoms with van der Waals surface area (Å²) in [7, 11) is 0. The SMILES string of the molecule is CCOC(=O)c1nn(-c2ccc([N+](=O)[O-])cc2)cc1OCC(=O)N1CCN(c2ccccc2)CC1. The van der Waals surface area contributed by atoms with E-state index in [-0.39, 0.29) is 36.3 Å². The van der Waals surface area contributed by atoms with Gasteiger partial charge in [0.15, 0.2) is 12.4 Å². The largest absolute Gasteiger partial charge is 0.480 e. The van der Waals surface area contributed by atoms with Crippen molar-refractivity contribution in [3.63, 3.8) is 0 Å². The number of carbonyl (C=O) groups is 2. The molecule has 1 aliphatic heterocycles. The summed E-state index contributed by atoms with van der Waals surface area (Å²) in [5.74, 6) is -0.791. The zero-order valence-corrected chi connectivity index (χ0v) is 19.2. The van der Waals surface area contributed by atoms with Gasteiger partial charge < -0.3 is 19.3 Å². The van der Waals surface area contributed by atoms with Gasteiger partial charge in [0.2, 0.25) is 5.69 Å². The Kier molecular flexibility index (Phi) is 7.24. The number of nitro groups is 1. The second-order valence-corrected chi connectivity index (χ2v) is 7.77. The summed E-state index contributed by atoms with van der Waals surface area (Å²) >= 11 is 0. The topological polar surface area (TPSA) is 120 Å². The highest BCUT2D eigenvalue weighted by Crippen LogP contribution is 2.23. The molecule has 1 saturated heterocycles. The smallest absolute Gasteiger partial charge is 0.362 e. The Hall–Kier alpha value is -4.41. The molecular formula is C24H25N5O6. The van der Waals surface area contributed by atoms with Crippen molar-refractivity contribution in [1.29, 1.82) is 0 Å². The average molecular weight is 479 g/mol. The molecule has 0 radical (unpaired) electrons. The number of ether oxygens (including phenoxy) is 2. The minimum atomic E-state index is -0.688. The number of rotatable bonds is 8. The first-order valence-corrected chi connectivity index (χ1v) is 11.2. The van der Waals surface area contributed by atoms with E-state index in [2.05, 4.69) is 10.00 Å². The van der Waals surface area contributed by atoms with Crippen LogP contribution in [0.5, 0.6) is 5.75 Å². The molecule has 0 bridgehead atoms. The fourth-order valence-electron chi connectivity index (χ4n) is 3.75. The van der Waals surface area contributed by atoms with Crippen LogP contribution in [0.2, 0.25) is 0 Å². The van der Waals surface area contributed by atoms with Crippen LogP contribution < -0.4 is 9.64 Å². The number of nitrogens with zero attached hydrogens (tertiary/aromatic N) is 5. The molecule has 1 aliphatic rings. The first-order valence-electron chi connectivity index (χ1n) is 11.2. The third-order valence-electron chi connectivity index (χ3n) is 5.58. The van der Waals surface area contributed by atoms with E-state index >= 15 is 0 Å². The van der Waals surface area contributed by atoms with E-state index in [9.17, 15) is 19.7 Å². The van der Waals surface area contributed by atoms with Crippen LogP contribution in [0.3, 0.4) is 0 Å². The molecule has 11 nitrogen and oxygen atoms in total. The molecule has 2 heterocycles. The maximum Gasteiger partial charge on any atom is 0.362 e. The molecule has 3 aromatic rings. The van der Waals surface area contributed by atoms with E-state index in [0.29, 0.717) is 31.9 Å². The molecule has 1 aromatic heterocycles. The minimum absolute atomic E-state index is 0.0686. The second-order valence-electron chi connectivity index (χ2n) is 7.77. The fraction of sp³-hybridized carbons (Fsp3) is 0.292. The van der Waals surface area contributed by atoms with Gasteiger partial charge in [0.25, 0.3) is 11.6 Å². The molecule has 0 saturated carbocycles. The summed E-state index contributed by atoms with van der Waals surface area (Å²) in [5.41, 5.74) is 1.46. The van der Waals surface area contributed by atoms with Gasteiger partial charge in [-0.05, 0) is 31.2 Å². The van der Waals surface area contributed by atoms with Gasteiger partial charge in [-0.15, -0.1) is 0 Å². The van der Waals surface area contributed by atoms with E-state index in [0.717, 1.165) is 5.69 Å². The molecule has 35 heavy (non-hydrogen) atoms. The van der Waals surface area contributed by atoms with Crippen LogP contribution in [-0.4, -0.2) is 70.9 Å². The molecular weight excluding hydrogens is 454 g/mol. The second kappa shape index (κ2) is 10.7. The van der Waals surface area contributed by atoms with Crippen molar-refractivity contribution < 1.29 is 24.0 Å². The predicted octanol–water partition coefficient (Wildman–Crippen LogP) is 2.68. The fourth-order valence-corrected chi connectivity index (χ4v) is 3.75. The lowest BCUT2D eigenvalue weighted by atomic mass is 10.2. The zero-order valence-electron chi connectivity index (χ0n) is 19.2. The summed E-state index contributed by atoms with van der Waals surface area (Å²) in [6.07, 6.45) is 1.45. The van der Waals surface area contributed by atoms with Crippen molar-refractivity contribution in [1.82, 2.24) is 14.7 Å². The van der Waals surface area contributed by atoms with Crippen LogP contribution in [0.1, 0.15) is 17.4 Å². The monoisotopic (exact) mass is 479 g/mol. The van der Waals surface area contributed by atoms with Crippen LogP contribution in [0.15, 0.2) is 60.8 Å². The van der Waals surface area contributed by atoms with E-state index in [4.69, 9.17) is 9.47 Å². The number of aromatic nitrogens is 2. The van der Waals surface area contributed by atoms with Crippen molar-refractivity contribution in [3.05, 3.63) is 76.6 Å². The Bertz CT molecular complexity index is 1190.